The van der Waals surface area contributed by atoms with E-state index in [-0.39, 0.29) is 30.5 Å². The fraction of sp³-hybridized carbons (Fsp3) is 0.182. The number of methoxy groups -OCH3 is 1. The van der Waals surface area contributed by atoms with Crippen LogP contribution in [-0.4, -0.2) is 42.9 Å². The summed E-state index contributed by atoms with van der Waals surface area (Å²) >= 11 is 7.11. The Bertz CT molecular complexity index is 1030. The van der Waals surface area contributed by atoms with Gasteiger partial charge in [0.2, 0.25) is 0 Å². The van der Waals surface area contributed by atoms with E-state index in [1.165, 1.54) is 31.4 Å². The van der Waals surface area contributed by atoms with Crippen molar-refractivity contribution in [2.75, 3.05) is 26.9 Å². The van der Waals surface area contributed by atoms with Gasteiger partial charge in [0.1, 0.15) is 24.8 Å². The first kappa shape index (κ1) is 22.7. The molecule has 2 aromatic rings. The van der Waals surface area contributed by atoms with E-state index in [2.05, 4.69) is 6.58 Å². The summed E-state index contributed by atoms with van der Waals surface area (Å²) in [6, 6.07) is 8.77. The molecule has 31 heavy (non-hydrogen) atoms. The number of carbonyl (C=O) groups excluding carboxylic acids is 2. The van der Waals surface area contributed by atoms with Crippen LogP contribution in [0.2, 0.25) is 5.02 Å². The van der Waals surface area contributed by atoms with Crippen LogP contribution in [0.5, 0.6) is 17.2 Å². The highest BCUT2D eigenvalue weighted by Gasteiger charge is 2.34. The first-order chi connectivity index (χ1) is 14.9. The molecule has 2 amide bonds. The van der Waals surface area contributed by atoms with Crippen molar-refractivity contribution in [3.05, 3.63) is 70.4 Å². The van der Waals surface area contributed by atoms with Gasteiger partial charge in [-0.25, -0.2) is 4.39 Å². The lowest BCUT2D eigenvalue weighted by molar-refractivity contribution is -0.123. The fourth-order valence-corrected chi connectivity index (χ4v) is 3.87. The van der Waals surface area contributed by atoms with Crippen LogP contribution in [0.3, 0.4) is 0 Å². The molecule has 1 heterocycles. The van der Waals surface area contributed by atoms with Gasteiger partial charge in [-0.1, -0.05) is 24.3 Å². The molecule has 0 aliphatic carbocycles. The van der Waals surface area contributed by atoms with Crippen LogP contribution in [0.4, 0.5) is 9.18 Å². The largest absolute Gasteiger partial charge is 0.493 e. The van der Waals surface area contributed by atoms with Crippen LogP contribution in [0.25, 0.3) is 6.08 Å². The number of imide groups is 1. The van der Waals surface area contributed by atoms with Gasteiger partial charge in [-0.2, -0.15) is 0 Å². The van der Waals surface area contributed by atoms with Gasteiger partial charge in [0.15, 0.2) is 11.5 Å². The third-order valence-corrected chi connectivity index (χ3v) is 5.35. The number of hydrogen-bond acceptors (Lipinski definition) is 6. The molecule has 162 valence electrons. The lowest BCUT2D eigenvalue weighted by Crippen LogP contribution is -2.32. The molecule has 2 aromatic carbocycles. The standard InChI is InChI=1S/C22H19ClFNO5S/c1-3-9-30-20-17(23)11-14(12-18(20)28-2)13-19-21(26)25(22(27)31-19)8-10-29-16-6-4-15(24)5-7-16/h3-7,11-13H,1,8-10H2,2H3/b19-13-. The molecule has 6 nitrogen and oxygen atoms in total. The highest BCUT2D eigenvalue weighted by Crippen LogP contribution is 2.39. The summed E-state index contributed by atoms with van der Waals surface area (Å²) in [6.45, 7) is 4.01. The molecule has 0 N–H and O–H groups in total. The Morgan fingerprint density at radius 3 is 2.61 bits per heavy atom. The van der Waals surface area contributed by atoms with E-state index in [1.54, 1.807) is 24.3 Å². The summed E-state index contributed by atoms with van der Waals surface area (Å²) in [5, 5.41) is -0.0951. The molecule has 1 aliphatic rings. The molecule has 0 radical (unpaired) electrons. The van der Waals surface area contributed by atoms with Gasteiger partial charge in [-0.05, 0) is 59.8 Å². The highest BCUT2D eigenvalue weighted by molar-refractivity contribution is 8.18. The number of amides is 2. The van der Waals surface area contributed by atoms with Crippen molar-refractivity contribution in [2.45, 2.75) is 0 Å². The second-order valence-corrected chi connectivity index (χ2v) is 7.67. The first-order valence-electron chi connectivity index (χ1n) is 9.18. The van der Waals surface area contributed by atoms with Crippen LogP contribution in [0.1, 0.15) is 5.56 Å². The minimum absolute atomic E-state index is 0.0673. The minimum atomic E-state index is -0.431. The highest BCUT2D eigenvalue weighted by atomic mass is 35.5. The maximum atomic E-state index is 12.9. The van der Waals surface area contributed by atoms with Crippen LogP contribution in [0.15, 0.2) is 54.0 Å². The Labute approximate surface area is 188 Å². The molecule has 0 saturated carbocycles. The van der Waals surface area contributed by atoms with E-state index < -0.39 is 11.1 Å². The Kier molecular flexibility index (Phi) is 7.59. The number of halogens is 2. The van der Waals surface area contributed by atoms with E-state index in [0.717, 1.165) is 16.7 Å². The minimum Gasteiger partial charge on any atom is -0.493 e. The number of carbonyl (C=O) groups is 2. The monoisotopic (exact) mass is 463 g/mol. The molecule has 0 atom stereocenters. The number of hydrogen-bond donors (Lipinski definition) is 0. The van der Waals surface area contributed by atoms with Crippen molar-refractivity contribution in [2.24, 2.45) is 0 Å². The summed E-state index contributed by atoms with van der Waals surface area (Å²) in [5.74, 6) is 0.407. The van der Waals surface area contributed by atoms with Gasteiger partial charge in [0, 0.05) is 0 Å². The lowest BCUT2D eigenvalue weighted by atomic mass is 10.1. The van der Waals surface area contributed by atoms with Crippen molar-refractivity contribution < 1.29 is 28.2 Å². The molecular formula is C22H19ClFNO5S. The predicted molar refractivity (Wildman–Crippen MR) is 118 cm³/mol. The molecule has 0 unspecified atom stereocenters. The zero-order chi connectivity index (χ0) is 22.4. The maximum Gasteiger partial charge on any atom is 0.293 e. The number of nitrogens with zero attached hydrogens (tertiary/aromatic N) is 1. The second-order valence-electron chi connectivity index (χ2n) is 6.27. The third kappa shape index (κ3) is 5.59. The van der Waals surface area contributed by atoms with Crippen molar-refractivity contribution >= 4 is 40.6 Å². The van der Waals surface area contributed by atoms with Gasteiger partial charge in [0.25, 0.3) is 11.1 Å². The topological polar surface area (TPSA) is 65.1 Å². The van der Waals surface area contributed by atoms with Crippen molar-refractivity contribution in [1.82, 2.24) is 4.90 Å². The number of thioether (sulfide) groups is 1. The summed E-state index contributed by atoms with van der Waals surface area (Å²) in [7, 11) is 1.48. The molecule has 0 spiro atoms. The first-order valence-corrected chi connectivity index (χ1v) is 10.4. The summed E-state index contributed by atoms with van der Waals surface area (Å²) in [5.41, 5.74) is 0.584. The van der Waals surface area contributed by atoms with E-state index in [4.69, 9.17) is 25.8 Å². The number of ether oxygens (including phenoxy) is 3. The normalized spacial score (nSPS) is 14.8. The van der Waals surface area contributed by atoms with Crippen LogP contribution >= 0.6 is 23.4 Å². The molecule has 3 rings (SSSR count). The fourth-order valence-electron chi connectivity index (χ4n) is 2.74. The summed E-state index contributed by atoms with van der Waals surface area (Å²) < 4.78 is 29.2. The average molecular weight is 464 g/mol. The Balaban J connectivity index is 1.70. The molecule has 0 bridgehead atoms. The number of benzene rings is 2. The van der Waals surface area contributed by atoms with E-state index in [0.29, 0.717) is 27.8 Å². The van der Waals surface area contributed by atoms with E-state index in [9.17, 15) is 14.0 Å². The Morgan fingerprint density at radius 2 is 1.94 bits per heavy atom. The molecule has 1 fully saturated rings. The SMILES string of the molecule is C=CCOc1c(Cl)cc(/C=C2\SC(=O)N(CCOc3ccc(F)cc3)C2=O)cc1OC. The van der Waals surface area contributed by atoms with Crippen molar-refractivity contribution in [1.29, 1.82) is 0 Å². The van der Waals surface area contributed by atoms with Crippen LogP contribution in [0, 0.1) is 5.82 Å². The van der Waals surface area contributed by atoms with Gasteiger partial charge in [0.05, 0.1) is 23.6 Å². The third-order valence-electron chi connectivity index (χ3n) is 4.17. The number of rotatable bonds is 9. The predicted octanol–water partition coefficient (Wildman–Crippen LogP) is 5.17. The van der Waals surface area contributed by atoms with Gasteiger partial charge in [-0.15, -0.1) is 0 Å². The smallest absolute Gasteiger partial charge is 0.293 e. The zero-order valence-corrected chi connectivity index (χ0v) is 18.2. The van der Waals surface area contributed by atoms with E-state index >= 15 is 0 Å². The van der Waals surface area contributed by atoms with Gasteiger partial charge in [-0.3, -0.25) is 14.5 Å². The van der Waals surface area contributed by atoms with Crippen molar-refractivity contribution in [3.8, 4) is 17.2 Å². The summed E-state index contributed by atoms with van der Waals surface area (Å²) in [6.07, 6.45) is 3.15. The van der Waals surface area contributed by atoms with Crippen molar-refractivity contribution in [3.63, 3.8) is 0 Å². The van der Waals surface area contributed by atoms with Gasteiger partial charge >= 0.3 is 0 Å². The maximum absolute atomic E-state index is 12.9. The van der Waals surface area contributed by atoms with E-state index in [1.807, 2.05) is 0 Å². The quantitative estimate of drug-likeness (QED) is 0.377. The molecule has 9 heteroatoms. The molecular weight excluding hydrogens is 445 g/mol. The second kappa shape index (κ2) is 10.4. The van der Waals surface area contributed by atoms with Crippen LogP contribution < -0.4 is 14.2 Å². The van der Waals surface area contributed by atoms with Gasteiger partial charge < -0.3 is 14.2 Å². The molecule has 1 saturated heterocycles. The molecule has 0 aromatic heterocycles. The molecule has 1 aliphatic heterocycles. The lowest BCUT2D eigenvalue weighted by Gasteiger charge is -2.13. The Morgan fingerprint density at radius 1 is 1.19 bits per heavy atom. The zero-order valence-electron chi connectivity index (χ0n) is 16.6. The summed E-state index contributed by atoms with van der Waals surface area (Å²) in [4.78, 5) is 26.3. The Hall–Kier alpha value is -2.97. The average Bonchev–Trinajstić information content (AvgIpc) is 3.01. The van der Waals surface area contributed by atoms with Crippen LogP contribution in [-0.2, 0) is 4.79 Å².